The molecule has 38 heavy (non-hydrogen) atoms. The second kappa shape index (κ2) is 11.8. The molecule has 0 spiro atoms. The van der Waals surface area contributed by atoms with E-state index in [9.17, 15) is 5.21 Å². The van der Waals surface area contributed by atoms with E-state index in [0.717, 1.165) is 51.4 Å². The molecule has 2 aliphatic heterocycles. The third kappa shape index (κ3) is 8.65. The Morgan fingerprint density at radius 1 is 0.658 bits per heavy atom. The molecule has 0 aromatic carbocycles. The van der Waals surface area contributed by atoms with Crippen molar-refractivity contribution in [1.29, 1.82) is 0 Å². The molecule has 0 bridgehead atoms. The molecule has 0 amide bonds. The second-order valence-corrected chi connectivity index (χ2v) is 14.6. The van der Waals surface area contributed by atoms with Crippen molar-refractivity contribution in [2.75, 3.05) is 16.1 Å². The maximum atomic E-state index is 9.76. The number of anilines is 3. The zero-order valence-corrected chi connectivity index (χ0v) is 25.8. The standard InChI is InChI=1S/C29H56N8O/c1-11-13-21(19-15-26(3,4)36-27(5,6)16-19)30-23-32-24(34-25(33-23)35-38)31-22(14-12-2)20-17-28(7,8)37-29(9,10)18-20/h19-22,36-38H,11-18H2,1-10H3,(H3,30,31,32,33,34,35). The SMILES string of the molecule is CCCC(Nc1nc(NO)nc(NC(CCC)C2CC(C)(C)NC(C)(C)C2)n1)C1CC(C)(C)NC(C)(C)C1. The van der Waals surface area contributed by atoms with Crippen molar-refractivity contribution in [3.05, 3.63) is 0 Å². The topological polar surface area (TPSA) is 119 Å². The van der Waals surface area contributed by atoms with E-state index in [1.807, 2.05) is 0 Å². The average Bonchev–Trinajstić information content (AvgIpc) is 2.74. The lowest BCUT2D eigenvalue weighted by molar-refractivity contribution is 0.115. The van der Waals surface area contributed by atoms with E-state index >= 15 is 0 Å². The Labute approximate surface area is 231 Å². The van der Waals surface area contributed by atoms with E-state index < -0.39 is 0 Å². The third-order valence-corrected chi connectivity index (χ3v) is 8.15. The van der Waals surface area contributed by atoms with Crippen molar-refractivity contribution in [3.8, 4) is 0 Å². The monoisotopic (exact) mass is 532 g/mol. The number of hydrogen-bond acceptors (Lipinski definition) is 9. The van der Waals surface area contributed by atoms with E-state index in [0.29, 0.717) is 23.7 Å². The highest BCUT2D eigenvalue weighted by Crippen LogP contribution is 2.38. The molecule has 9 heteroatoms. The Morgan fingerprint density at radius 3 is 1.26 bits per heavy atom. The number of nitrogens with one attached hydrogen (secondary N) is 5. The van der Waals surface area contributed by atoms with Crippen LogP contribution >= 0.6 is 0 Å². The van der Waals surface area contributed by atoms with Gasteiger partial charge in [-0.25, -0.2) is 5.48 Å². The van der Waals surface area contributed by atoms with Crippen molar-refractivity contribution >= 4 is 17.8 Å². The molecule has 2 saturated heterocycles. The van der Waals surface area contributed by atoms with Gasteiger partial charge < -0.3 is 21.3 Å². The number of nitrogens with zero attached hydrogens (tertiary/aromatic N) is 3. The zero-order chi connectivity index (χ0) is 28.4. The minimum atomic E-state index is 0.0630. The van der Waals surface area contributed by atoms with E-state index in [4.69, 9.17) is 4.98 Å². The number of aromatic nitrogens is 3. The summed E-state index contributed by atoms with van der Waals surface area (Å²) in [6, 6.07) is 0.472. The molecule has 218 valence electrons. The highest BCUT2D eigenvalue weighted by molar-refractivity contribution is 5.42. The van der Waals surface area contributed by atoms with Crippen molar-refractivity contribution < 1.29 is 5.21 Å². The maximum absolute atomic E-state index is 9.76. The van der Waals surface area contributed by atoms with E-state index in [2.05, 4.69) is 106 Å². The fourth-order valence-electron chi connectivity index (χ4n) is 7.73. The van der Waals surface area contributed by atoms with Crippen molar-refractivity contribution in [1.82, 2.24) is 25.6 Å². The normalized spacial score (nSPS) is 24.4. The lowest BCUT2D eigenvalue weighted by Gasteiger charge is -2.49. The molecule has 2 unspecified atom stereocenters. The van der Waals surface area contributed by atoms with Gasteiger partial charge in [0.15, 0.2) is 0 Å². The summed E-state index contributed by atoms with van der Waals surface area (Å²) >= 11 is 0. The quantitative estimate of drug-likeness (QED) is 0.192. The van der Waals surface area contributed by atoms with Gasteiger partial charge in [-0.05, 0) is 106 Å². The molecule has 2 atom stereocenters. The molecule has 9 nitrogen and oxygen atoms in total. The lowest BCUT2D eigenvalue weighted by atomic mass is 9.72. The Kier molecular flexibility index (Phi) is 9.58. The van der Waals surface area contributed by atoms with Crippen LogP contribution in [0.4, 0.5) is 17.8 Å². The van der Waals surface area contributed by atoms with Gasteiger partial charge in [0.1, 0.15) is 0 Å². The first-order valence-electron chi connectivity index (χ1n) is 14.8. The molecule has 0 saturated carbocycles. The minimum absolute atomic E-state index is 0.0630. The molecule has 2 aliphatic rings. The first kappa shape index (κ1) is 30.8. The van der Waals surface area contributed by atoms with Crippen LogP contribution in [0.25, 0.3) is 0 Å². The number of piperidine rings is 2. The van der Waals surface area contributed by atoms with Crippen LogP contribution in [0.5, 0.6) is 0 Å². The molecule has 3 rings (SSSR count). The number of hydrogen-bond donors (Lipinski definition) is 6. The van der Waals surface area contributed by atoms with Crippen LogP contribution in [-0.4, -0.2) is 54.4 Å². The van der Waals surface area contributed by atoms with Gasteiger partial charge >= 0.3 is 0 Å². The molecule has 1 aromatic heterocycles. The van der Waals surface area contributed by atoms with Gasteiger partial charge in [-0.1, -0.05) is 26.7 Å². The summed E-state index contributed by atoms with van der Waals surface area (Å²) in [6.45, 7) is 22.8. The third-order valence-electron chi connectivity index (χ3n) is 8.15. The second-order valence-electron chi connectivity index (χ2n) is 14.6. The Bertz CT molecular complexity index is 816. The summed E-state index contributed by atoms with van der Waals surface area (Å²) in [6.07, 6.45) is 8.53. The first-order valence-corrected chi connectivity index (χ1v) is 14.8. The van der Waals surface area contributed by atoms with Crippen LogP contribution in [0.1, 0.15) is 121 Å². The molecule has 0 radical (unpaired) electrons. The first-order chi connectivity index (χ1) is 17.6. The van der Waals surface area contributed by atoms with Gasteiger partial charge in [-0.15, -0.1) is 0 Å². The summed E-state index contributed by atoms with van der Waals surface area (Å²) in [5, 5.41) is 24.7. The zero-order valence-electron chi connectivity index (χ0n) is 25.8. The van der Waals surface area contributed by atoms with E-state index in [1.165, 1.54) is 0 Å². The van der Waals surface area contributed by atoms with E-state index in [1.54, 1.807) is 0 Å². The number of rotatable bonds is 11. The van der Waals surface area contributed by atoms with Gasteiger partial charge in [-0.2, -0.15) is 15.0 Å². The predicted octanol–water partition coefficient (Wildman–Crippen LogP) is 5.95. The van der Waals surface area contributed by atoms with Crippen LogP contribution in [0, 0.1) is 11.8 Å². The van der Waals surface area contributed by atoms with Crippen LogP contribution < -0.4 is 26.7 Å². The van der Waals surface area contributed by atoms with Crippen LogP contribution in [0.3, 0.4) is 0 Å². The highest BCUT2D eigenvalue weighted by atomic mass is 16.5. The fraction of sp³-hybridized carbons (Fsp3) is 0.897. The summed E-state index contributed by atoms with van der Waals surface area (Å²) in [5.41, 5.74) is 2.42. The average molecular weight is 533 g/mol. The molecular weight excluding hydrogens is 476 g/mol. The molecule has 1 aromatic rings. The molecule has 3 heterocycles. The van der Waals surface area contributed by atoms with Crippen LogP contribution in [0.15, 0.2) is 0 Å². The highest BCUT2D eigenvalue weighted by Gasteiger charge is 2.42. The van der Waals surface area contributed by atoms with Gasteiger partial charge in [0, 0.05) is 34.2 Å². The summed E-state index contributed by atoms with van der Waals surface area (Å²) in [5.74, 6) is 2.13. The molecule has 6 N–H and O–H groups in total. The summed E-state index contributed by atoms with van der Waals surface area (Å²) < 4.78 is 0. The van der Waals surface area contributed by atoms with Gasteiger partial charge in [0.25, 0.3) is 5.95 Å². The smallest absolute Gasteiger partial charge is 0.253 e. The minimum Gasteiger partial charge on any atom is -0.351 e. The van der Waals surface area contributed by atoms with Crippen molar-refractivity contribution in [2.24, 2.45) is 11.8 Å². The largest absolute Gasteiger partial charge is 0.351 e. The summed E-state index contributed by atoms with van der Waals surface area (Å²) in [7, 11) is 0. The molecular formula is C29H56N8O. The Hall–Kier alpha value is -1.71. The molecule has 0 aliphatic carbocycles. The molecule has 2 fully saturated rings. The van der Waals surface area contributed by atoms with Crippen LogP contribution in [-0.2, 0) is 0 Å². The predicted molar refractivity (Wildman–Crippen MR) is 158 cm³/mol. The van der Waals surface area contributed by atoms with Gasteiger partial charge in [0.2, 0.25) is 11.9 Å². The van der Waals surface area contributed by atoms with Gasteiger partial charge in [0.05, 0.1) is 0 Å². The Balaban J connectivity index is 1.85. The fourth-order valence-corrected chi connectivity index (χ4v) is 7.73. The summed E-state index contributed by atoms with van der Waals surface area (Å²) in [4.78, 5) is 13.8. The van der Waals surface area contributed by atoms with Crippen LogP contribution in [0.2, 0.25) is 0 Å². The Morgan fingerprint density at radius 2 is 0.974 bits per heavy atom. The van der Waals surface area contributed by atoms with Crippen molar-refractivity contribution in [2.45, 2.75) is 155 Å². The van der Waals surface area contributed by atoms with Gasteiger partial charge in [-0.3, -0.25) is 5.21 Å². The van der Waals surface area contributed by atoms with E-state index in [-0.39, 0.29) is 40.2 Å². The van der Waals surface area contributed by atoms with Crippen molar-refractivity contribution in [3.63, 3.8) is 0 Å². The maximum Gasteiger partial charge on any atom is 0.253 e. The lowest BCUT2D eigenvalue weighted by Crippen LogP contribution is -2.60.